The largest absolute Gasteiger partial charge is 0.497 e. The normalized spacial score (nSPS) is 15.4. The first kappa shape index (κ1) is 23.9. The minimum atomic E-state index is -0.466. The molecule has 10 nitrogen and oxygen atoms in total. The summed E-state index contributed by atoms with van der Waals surface area (Å²) in [5.41, 5.74) is 2.05. The Morgan fingerprint density at radius 3 is 2.56 bits per heavy atom. The summed E-state index contributed by atoms with van der Waals surface area (Å²) in [4.78, 5) is 20.8. The van der Waals surface area contributed by atoms with Crippen molar-refractivity contribution in [2.75, 3.05) is 51.9 Å². The van der Waals surface area contributed by atoms with Gasteiger partial charge in [-0.2, -0.15) is 0 Å². The van der Waals surface area contributed by atoms with Crippen LogP contribution < -0.4 is 15.2 Å². The number of H-pyrrole nitrogens is 1. The molecule has 2 aromatic carbocycles. The highest BCUT2D eigenvalue weighted by atomic mass is 19.1. The van der Waals surface area contributed by atoms with Crippen LogP contribution in [0.2, 0.25) is 0 Å². The molecule has 3 heterocycles. The average Bonchev–Trinajstić information content (AvgIpc) is 3.36. The van der Waals surface area contributed by atoms with Crippen molar-refractivity contribution in [3.05, 3.63) is 76.1 Å². The fourth-order valence-corrected chi connectivity index (χ4v) is 4.67. The van der Waals surface area contributed by atoms with Gasteiger partial charge in [0.2, 0.25) is 0 Å². The van der Waals surface area contributed by atoms with E-state index in [1.807, 2.05) is 24.3 Å². The van der Waals surface area contributed by atoms with Gasteiger partial charge in [-0.1, -0.05) is 0 Å². The molecule has 5 rings (SSSR count). The number of methoxy groups -OCH3 is 2. The Hall–Kier alpha value is -3.83. The number of aromatic nitrogens is 5. The monoisotopic (exact) mass is 493 g/mol. The van der Waals surface area contributed by atoms with Crippen LogP contribution in [0.25, 0.3) is 10.9 Å². The van der Waals surface area contributed by atoms with E-state index in [9.17, 15) is 9.18 Å². The Morgan fingerprint density at radius 2 is 1.83 bits per heavy atom. The number of nitrogens with zero attached hydrogens (tertiary/aromatic N) is 6. The van der Waals surface area contributed by atoms with E-state index in [2.05, 4.69) is 30.3 Å². The van der Waals surface area contributed by atoms with Crippen LogP contribution in [-0.2, 0) is 11.3 Å². The number of piperazine rings is 1. The van der Waals surface area contributed by atoms with Crippen LogP contribution in [0.15, 0.2) is 53.3 Å². The van der Waals surface area contributed by atoms with Gasteiger partial charge in [-0.25, -0.2) is 9.07 Å². The highest BCUT2D eigenvalue weighted by molar-refractivity contribution is 5.80. The second kappa shape index (κ2) is 10.4. The molecule has 0 saturated carbocycles. The van der Waals surface area contributed by atoms with E-state index in [1.165, 1.54) is 12.1 Å². The Kier molecular flexibility index (Phi) is 6.92. The van der Waals surface area contributed by atoms with E-state index >= 15 is 0 Å². The zero-order valence-electron chi connectivity index (χ0n) is 20.2. The summed E-state index contributed by atoms with van der Waals surface area (Å²) >= 11 is 0. The van der Waals surface area contributed by atoms with E-state index in [0.29, 0.717) is 56.5 Å². The van der Waals surface area contributed by atoms with Crippen LogP contribution in [0.3, 0.4) is 0 Å². The zero-order chi connectivity index (χ0) is 25.1. The average molecular weight is 494 g/mol. The van der Waals surface area contributed by atoms with E-state index in [4.69, 9.17) is 9.47 Å². The molecule has 188 valence electrons. The van der Waals surface area contributed by atoms with Crippen molar-refractivity contribution < 1.29 is 13.9 Å². The van der Waals surface area contributed by atoms with Crippen LogP contribution in [0.1, 0.15) is 17.4 Å². The number of pyridine rings is 1. The summed E-state index contributed by atoms with van der Waals surface area (Å²) in [5.74, 6) is 1.03. The quantitative estimate of drug-likeness (QED) is 0.399. The first-order valence-corrected chi connectivity index (χ1v) is 11.8. The van der Waals surface area contributed by atoms with Crippen LogP contribution in [0, 0.1) is 5.82 Å². The molecule has 1 aliphatic rings. The van der Waals surface area contributed by atoms with Gasteiger partial charge in [0.1, 0.15) is 17.6 Å². The predicted octanol–water partition coefficient (Wildman–Crippen LogP) is 2.22. The summed E-state index contributed by atoms with van der Waals surface area (Å²) in [5, 5.41) is 13.3. The molecule has 1 fully saturated rings. The fourth-order valence-electron chi connectivity index (χ4n) is 4.67. The molecule has 0 unspecified atom stereocenters. The molecule has 1 N–H and O–H groups in total. The molecule has 36 heavy (non-hydrogen) atoms. The zero-order valence-corrected chi connectivity index (χ0v) is 20.2. The lowest BCUT2D eigenvalue weighted by molar-refractivity contribution is 0.171. The molecule has 4 aromatic rings. The molecule has 0 amide bonds. The van der Waals surface area contributed by atoms with Gasteiger partial charge in [-0.05, 0) is 59.0 Å². The Bertz CT molecular complexity index is 1380. The third-order valence-electron chi connectivity index (χ3n) is 6.56. The standard InChI is InChI=1S/C25H28FN7O3/c1-35-14-13-33-24(28-29-30-33)23(21-16-17-15-20(36-2)7-8-22(17)27-25(21)34)32-11-9-31(10-12-32)19-5-3-18(26)4-6-19/h3-8,15-16,23H,9-14H2,1-2H3,(H,27,34)/t23-/m0/s1. The molecule has 2 aromatic heterocycles. The molecule has 1 saturated heterocycles. The van der Waals surface area contributed by atoms with Crippen LogP contribution in [0.5, 0.6) is 5.75 Å². The number of nitrogens with one attached hydrogen (secondary N) is 1. The fraction of sp³-hybridized carbons (Fsp3) is 0.360. The van der Waals surface area contributed by atoms with Crippen molar-refractivity contribution in [1.29, 1.82) is 0 Å². The summed E-state index contributed by atoms with van der Waals surface area (Å²) in [6, 6.07) is 13.5. The number of ether oxygens (including phenoxy) is 2. The van der Waals surface area contributed by atoms with Crippen LogP contribution >= 0.6 is 0 Å². The minimum absolute atomic E-state index is 0.195. The van der Waals surface area contributed by atoms with Gasteiger partial charge in [0.25, 0.3) is 5.56 Å². The first-order chi connectivity index (χ1) is 17.6. The maximum absolute atomic E-state index is 13.4. The number of benzene rings is 2. The number of aromatic amines is 1. The van der Waals surface area contributed by atoms with Gasteiger partial charge in [-0.3, -0.25) is 9.69 Å². The molecular weight excluding hydrogens is 465 g/mol. The van der Waals surface area contributed by atoms with E-state index in [-0.39, 0.29) is 11.4 Å². The molecular formula is C25H28FN7O3. The van der Waals surface area contributed by atoms with Crippen LogP contribution in [0.4, 0.5) is 10.1 Å². The predicted molar refractivity (Wildman–Crippen MR) is 133 cm³/mol. The Balaban J connectivity index is 1.52. The van der Waals surface area contributed by atoms with Gasteiger partial charge in [0, 0.05) is 55.4 Å². The lowest BCUT2D eigenvalue weighted by atomic mass is 10.0. The molecule has 1 atom stereocenters. The van der Waals surface area contributed by atoms with Gasteiger partial charge in [0.05, 0.1) is 20.3 Å². The van der Waals surface area contributed by atoms with Gasteiger partial charge in [-0.15, -0.1) is 5.10 Å². The van der Waals surface area contributed by atoms with Gasteiger partial charge < -0.3 is 19.4 Å². The number of hydrogen-bond acceptors (Lipinski definition) is 8. The minimum Gasteiger partial charge on any atom is -0.497 e. The summed E-state index contributed by atoms with van der Waals surface area (Å²) < 4.78 is 25.7. The first-order valence-electron chi connectivity index (χ1n) is 11.8. The topological polar surface area (TPSA) is 101 Å². The SMILES string of the molecule is COCCn1nnnc1[C@H](c1cc2cc(OC)ccc2[nH]c1=O)N1CCN(c2ccc(F)cc2)CC1. The number of hydrogen-bond donors (Lipinski definition) is 1. The maximum atomic E-state index is 13.4. The molecule has 0 aliphatic carbocycles. The van der Waals surface area contributed by atoms with Crippen molar-refractivity contribution in [2.24, 2.45) is 0 Å². The summed E-state index contributed by atoms with van der Waals surface area (Å²) in [7, 11) is 3.23. The Labute approximate surface area is 207 Å². The van der Waals surface area contributed by atoms with E-state index < -0.39 is 6.04 Å². The lowest BCUT2D eigenvalue weighted by Gasteiger charge is -2.39. The highest BCUT2D eigenvalue weighted by Crippen LogP contribution is 2.29. The highest BCUT2D eigenvalue weighted by Gasteiger charge is 2.32. The molecule has 1 aliphatic heterocycles. The number of tetrazole rings is 1. The van der Waals surface area contributed by atoms with Gasteiger partial charge in [0.15, 0.2) is 5.82 Å². The molecule has 0 bridgehead atoms. The number of anilines is 1. The third-order valence-corrected chi connectivity index (χ3v) is 6.56. The van der Waals surface area contributed by atoms with E-state index in [0.717, 1.165) is 16.6 Å². The number of halogens is 1. The molecule has 0 radical (unpaired) electrons. The van der Waals surface area contributed by atoms with Crippen molar-refractivity contribution in [3.8, 4) is 5.75 Å². The number of rotatable bonds is 8. The second-order valence-corrected chi connectivity index (χ2v) is 8.66. The summed E-state index contributed by atoms with van der Waals surface area (Å²) in [6.45, 7) is 3.64. The molecule has 0 spiro atoms. The number of fused-ring (bicyclic) bond motifs is 1. The smallest absolute Gasteiger partial charge is 0.253 e. The summed E-state index contributed by atoms with van der Waals surface area (Å²) in [6.07, 6.45) is 0. The van der Waals surface area contributed by atoms with E-state index in [1.54, 1.807) is 31.0 Å². The van der Waals surface area contributed by atoms with Crippen molar-refractivity contribution in [3.63, 3.8) is 0 Å². The van der Waals surface area contributed by atoms with Crippen molar-refractivity contribution in [2.45, 2.75) is 12.6 Å². The lowest BCUT2D eigenvalue weighted by Crippen LogP contribution is -2.49. The van der Waals surface area contributed by atoms with Gasteiger partial charge >= 0.3 is 0 Å². The maximum Gasteiger partial charge on any atom is 0.253 e. The van der Waals surface area contributed by atoms with Crippen molar-refractivity contribution in [1.82, 2.24) is 30.1 Å². The van der Waals surface area contributed by atoms with Crippen molar-refractivity contribution >= 4 is 16.6 Å². The third kappa shape index (κ3) is 4.79. The Morgan fingerprint density at radius 1 is 1.06 bits per heavy atom. The second-order valence-electron chi connectivity index (χ2n) is 8.66. The molecule has 11 heteroatoms. The van der Waals surface area contributed by atoms with Crippen LogP contribution in [-0.4, -0.2) is 77.1 Å².